The fraction of sp³-hybridized carbons (Fsp3) is 0.538. The van der Waals surface area contributed by atoms with Gasteiger partial charge in [0.1, 0.15) is 0 Å². The van der Waals surface area contributed by atoms with Crippen LogP contribution in [0.5, 0.6) is 0 Å². The molecular formula is C13H21N5. The predicted octanol–water partition coefficient (Wildman–Crippen LogP) is 1.73. The fourth-order valence-electron chi connectivity index (χ4n) is 2.03. The summed E-state index contributed by atoms with van der Waals surface area (Å²) in [6.07, 6.45) is 8.92. The molecule has 0 aliphatic carbocycles. The average molecular weight is 247 g/mol. The quantitative estimate of drug-likeness (QED) is 0.791. The molecule has 0 spiro atoms. The van der Waals surface area contributed by atoms with Gasteiger partial charge < -0.3 is 9.88 Å². The third-order valence-electron chi connectivity index (χ3n) is 3.10. The predicted molar refractivity (Wildman–Crippen MR) is 71.2 cm³/mol. The van der Waals surface area contributed by atoms with E-state index in [9.17, 15) is 0 Å². The zero-order valence-corrected chi connectivity index (χ0v) is 11.3. The van der Waals surface area contributed by atoms with Crippen molar-refractivity contribution in [3.05, 3.63) is 36.2 Å². The van der Waals surface area contributed by atoms with Gasteiger partial charge in [0.25, 0.3) is 0 Å². The summed E-state index contributed by atoms with van der Waals surface area (Å²) < 4.78 is 4.03. The van der Waals surface area contributed by atoms with Gasteiger partial charge in [-0.1, -0.05) is 6.92 Å². The van der Waals surface area contributed by atoms with Crippen LogP contribution in [0.2, 0.25) is 0 Å². The van der Waals surface area contributed by atoms with Gasteiger partial charge in [0.15, 0.2) is 0 Å². The first kappa shape index (κ1) is 12.8. The van der Waals surface area contributed by atoms with Gasteiger partial charge in [0.2, 0.25) is 0 Å². The summed E-state index contributed by atoms with van der Waals surface area (Å²) in [7, 11) is 1.94. The molecule has 18 heavy (non-hydrogen) atoms. The standard InChI is InChI=1S/C13H21N5/c1-4-5-14-7-13-8-15-10-18(13)11(2)12-6-16-17(3)9-12/h6,8-11,14H,4-5,7H2,1-3H3. The van der Waals surface area contributed by atoms with Gasteiger partial charge in [-0.15, -0.1) is 0 Å². The van der Waals surface area contributed by atoms with Crippen molar-refractivity contribution >= 4 is 0 Å². The molecule has 0 saturated heterocycles. The molecule has 1 atom stereocenters. The molecule has 0 saturated carbocycles. The Bertz CT molecular complexity index is 485. The molecule has 0 aliphatic rings. The highest BCUT2D eigenvalue weighted by molar-refractivity contribution is 5.14. The van der Waals surface area contributed by atoms with Crippen molar-refractivity contribution in [1.29, 1.82) is 0 Å². The number of aromatic nitrogens is 4. The first-order chi connectivity index (χ1) is 8.72. The van der Waals surface area contributed by atoms with Crippen LogP contribution in [0.15, 0.2) is 24.9 Å². The highest BCUT2D eigenvalue weighted by Crippen LogP contribution is 2.18. The van der Waals surface area contributed by atoms with Gasteiger partial charge in [0, 0.05) is 31.5 Å². The van der Waals surface area contributed by atoms with E-state index in [2.05, 4.69) is 33.8 Å². The average Bonchev–Trinajstić information content (AvgIpc) is 2.97. The maximum atomic E-state index is 4.25. The lowest BCUT2D eigenvalue weighted by atomic mass is 10.2. The van der Waals surface area contributed by atoms with Crippen molar-refractivity contribution in [2.45, 2.75) is 32.9 Å². The highest BCUT2D eigenvalue weighted by Gasteiger charge is 2.12. The van der Waals surface area contributed by atoms with Gasteiger partial charge in [-0.05, 0) is 19.9 Å². The summed E-state index contributed by atoms with van der Waals surface area (Å²) in [6, 6.07) is 0.264. The van der Waals surface area contributed by atoms with E-state index in [1.54, 1.807) is 0 Å². The summed E-state index contributed by atoms with van der Waals surface area (Å²) in [5.74, 6) is 0. The number of aryl methyl sites for hydroxylation is 1. The number of nitrogens with zero attached hydrogens (tertiary/aromatic N) is 4. The molecule has 0 fully saturated rings. The van der Waals surface area contributed by atoms with Crippen LogP contribution in [-0.2, 0) is 13.6 Å². The van der Waals surface area contributed by atoms with E-state index in [4.69, 9.17) is 0 Å². The normalized spacial score (nSPS) is 12.8. The Kier molecular flexibility index (Phi) is 4.15. The largest absolute Gasteiger partial charge is 0.326 e. The van der Waals surface area contributed by atoms with Crippen LogP contribution < -0.4 is 5.32 Å². The Hall–Kier alpha value is -1.62. The van der Waals surface area contributed by atoms with Crippen molar-refractivity contribution in [2.75, 3.05) is 6.54 Å². The smallest absolute Gasteiger partial charge is 0.0954 e. The third-order valence-corrected chi connectivity index (χ3v) is 3.10. The Morgan fingerprint density at radius 3 is 2.89 bits per heavy atom. The molecule has 5 nitrogen and oxygen atoms in total. The molecule has 5 heteroatoms. The summed E-state index contributed by atoms with van der Waals surface area (Å²) in [5, 5.41) is 7.63. The number of imidazole rings is 1. The van der Waals surface area contributed by atoms with Gasteiger partial charge in [0.05, 0.1) is 24.3 Å². The van der Waals surface area contributed by atoms with Crippen molar-refractivity contribution in [1.82, 2.24) is 24.6 Å². The second kappa shape index (κ2) is 5.82. The minimum atomic E-state index is 0.264. The van der Waals surface area contributed by atoms with Gasteiger partial charge >= 0.3 is 0 Å². The minimum Gasteiger partial charge on any atom is -0.326 e. The molecule has 2 rings (SSSR count). The molecule has 1 N–H and O–H groups in total. The molecule has 0 aliphatic heterocycles. The minimum absolute atomic E-state index is 0.264. The van der Waals surface area contributed by atoms with E-state index in [0.717, 1.165) is 19.5 Å². The Labute approximate surface area is 108 Å². The van der Waals surface area contributed by atoms with E-state index >= 15 is 0 Å². The first-order valence-electron chi connectivity index (χ1n) is 6.42. The van der Waals surface area contributed by atoms with Gasteiger partial charge in [-0.25, -0.2) is 4.98 Å². The molecule has 0 bridgehead atoms. The van der Waals surface area contributed by atoms with Crippen molar-refractivity contribution < 1.29 is 0 Å². The summed E-state index contributed by atoms with van der Waals surface area (Å²) in [5.41, 5.74) is 2.41. The monoisotopic (exact) mass is 247 g/mol. The summed E-state index contributed by atoms with van der Waals surface area (Å²) >= 11 is 0. The van der Waals surface area contributed by atoms with Crippen molar-refractivity contribution in [2.24, 2.45) is 7.05 Å². The molecular weight excluding hydrogens is 226 g/mol. The van der Waals surface area contributed by atoms with Crippen molar-refractivity contribution in [3.8, 4) is 0 Å². The zero-order chi connectivity index (χ0) is 13.0. The summed E-state index contributed by atoms with van der Waals surface area (Å²) in [4.78, 5) is 4.25. The van der Waals surface area contributed by atoms with E-state index in [-0.39, 0.29) is 6.04 Å². The summed E-state index contributed by atoms with van der Waals surface area (Å²) in [6.45, 7) is 6.23. The van der Waals surface area contributed by atoms with Crippen LogP contribution in [0, 0.1) is 0 Å². The lowest BCUT2D eigenvalue weighted by Gasteiger charge is -2.15. The first-order valence-corrected chi connectivity index (χ1v) is 6.42. The van der Waals surface area contributed by atoms with Crippen LogP contribution in [-0.4, -0.2) is 25.9 Å². The molecule has 2 aromatic heterocycles. The van der Waals surface area contributed by atoms with Crippen LogP contribution in [0.25, 0.3) is 0 Å². The van der Waals surface area contributed by atoms with E-state index < -0.39 is 0 Å². The lowest BCUT2D eigenvalue weighted by molar-refractivity contribution is 0.574. The SMILES string of the molecule is CCCNCc1cncn1C(C)c1cnn(C)c1. The van der Waals surface area contributed by atoms with Crippen LogP contribution in [0.3, 0.4) is 0 Å². The molecule has 2 heterocycles. The van der Waals surface area contributed by atoms with Crippen LogP contribution in [0.1, 0.15) is 37.6 Å². The highest BCUT2D eigenvalue weighted by atomic mass is 15.2. The van der Waals surface area contributed by atoms with E-state index in [1.807, 2.05) is 36.6 Å². The molecule has 0 amide bonds. The van der Waals surface area contributed by atoms with Crippen LogP contribution in [0.4, 0.5) is 0 Å². The Balaban J connectivity index is 2.10. The van der Waals surface area contributed by atoms with Crippen molar-refractivity contribution in [3.63, 3.8) is 0 Å². The second-order valence-corrected chi connectivity index (χ2v) is 4.59. The molecule has 0 aromatic carbocycles. The number of nitrogens with one attached hydrogen (secondary N) is 1. The molecule has 1 unspecified atom stereocenters. The van der Waals surface area contributed by atoms with Gasteiger partial charge in [-0.3, -0.25) is 4.68 Å². The lowest BCUT2D eigenvalue weighted by Crippen LogP contribution is -2.18. The topological polar surface area (TPSA) is 47.7 Å². The number of hydrogen-bond donors (Lipinski definition) is 1. The number of hydrogen-bond acceptors (Lipinski definition) is 3. The fourth-order valence-corrected chi connectivity index (χ4v) is 2.03. The third kappa shape index (κ3) is 2.79. The molecule has 2 aromatic rings. The Morgan fingerprint density at radius 2 is 2.22 bits per heavy atom. The maximum absolute atomic E-state index is 4.25. The molecule has 0 radical (unpaired) electrons. The van der Waals surface area contributed by atoms with Crippen LogP contribution >= 0.6 is 0 Å². The van der Waals surface area contributed by atoms with E-state index in [0.29, 0.717) is 0 Å². The Morgan fingerprint density at radius 1 is 1.39 bits per heavy atom. The van der Waals surface area contributed by atoms with Gasteiger partial charge in [-0.2, -0.15) is 5.10 Å². The second-order valence-electron chi connectivity index (χ2n) is 4.59. The maximum Gasteiger partial charge on any atom is 0.0954 e. The number of rotatable bonds is 6. The molecule has 98 valence electrons. The van der Waals surface area contributed by atoms with E-state index in [1.165, 1.54) is 11.3 Å². The zero-order valence-electron chi connectivity index (χ0n) is 11.3.